The first kappa shape index (κ1) is 18.2. The fraction of sp³-hybridized carbons (Fsp3) is 1.00. The van der Waals surface area contributed by atoms with Crippen molar-refractivity contribution >= 4 is 0 Å². The van der Waals surface area contributed by atoms with Crippen molar-refractivity contribution in [3.63, 3.8) is 0 Å². The predicted octanol–water partition coefficient (Wildman–Crippen LogP) is 2.26. The van der Waals surface area contributed by atoms with Gasteiger partial charge in [0.25, 0.3) is 0 Å². The molecule has 0 bridgehead atoms. The summed E-state index contributed by atoms with van der Waals surface area (Å²) in [5.74, 6) is 0.961. The largest absolute Gasteiger partial charge is 0.317 e. The van der Waals surface area contributed by atoms with E-state index < -0.39 is 0 Å². The Bertz CT molecular complexity index is 394. The highest BCUT2D eigenvalue weighted by Gasteiger charge is 2.39. The zero-order chi connectivity index (χ0) is 17.1. The van der Waals surface area contributed by atoms with E-state index in [-0.39, 0.29) is 0 Å². The summed E-state index contributed by atoms with van der Waals surface area (Å²) in [5, 5.41) is 3.51. The van der Waals surface area contributed by atoms with Crippen molar-refractivity contribution in [2.75, 3.05) is 66.0 Å². The molecule has 4 fully saturated rings. The molecule has 0 aromatic rings. The van der Waals surface area contributed by atoms with Gasteiger partial charge in [-0.25, -0.2) is 0 Å². The molecule has 0 amide bonds. The van der Waals surface area contributed by atoms with Crippen LogP contribution in [0.25, 0.3) is 0 Å². The monoisotopic (exact) mass is 348 g/mol. The van der Waals surface area contributed by atoms with Crippen LogP contribution in [-0.2, 0) is 0 Å². The van der Waals surface area contributed by atoms with Gasteiger partial charge < -0.3 is 15.1 Å². The Morgan fingerprint density at radius 3 is 2.08 bits per heavy atom. The third-order valence-corrected chi connectivity index (χ3v) is 7.96. The highest BCUT2D eigenvalue weighted by Crippen LogP contribution is 2.45. The summed E-state index contributed by atoms with van der Waals surface area (Å²) < 4.78 is 0. The molecule has 3 heterocycles. The molecule has 0 atom stereocenters. The van der Waals surface area contributed by atoms with E-state index in [9.17, 15) is 0 Å². The van der Waals surface area contributed by atoms with Crippen LogP contribution in [0.3, 0.4) is 0 Å². The Balaban J connectivity index is 1.20. The topological polar surface area (TPSA) is 21.8 Å². The lowest BCUT2D eigenvalue weighted by Gasteiger charge is -2.49. The molecule has 0 aromatic heterocycles. The summed E-state index contributed by atoms with van der Waals surface area (Å²) in [5.41, 5.74) is 0.716. The van der Waals surface area contributed by atoms with E-state index >= 15 is 0 Å². The first-order valence-electron chi connectivity index (χ1n) is 11.1. The molecule has 144 valence electrons. The fourth-order valence-corrected chi connectivity index (χ4v) is 5.91. The zero-order valence-electron chi connectivity index (χ0n) is 16.5. The summed E-state index contributed by atoms with van der Waals surface area (Å²) in [6, 6.07) is 0.895. The first-order chi connectivity index (χ1) is 12.2. The number of likely N-dealkylation sites (N-methyl/N-ethyl adjacent to an activating group) is 1. The van der Waals surface area contributed by atoms with Crippen molar-refractivity contribution in [1.82, 2.24) is 20.0 Å². The molecule has 3 saturated heterocycles. The Morgan fingerprint density at radius 2 is 1.44 bits per heavy atom. The number of nitrogens with one attached hydrogen (secondary N) is 1. The van der Waals surface area contributed by atoms with E-state index in [1.807, 2.05) is 0 Å². The minimum absolute atomic E-state index is 0.716. The van der Waals surface area contributed by atoms with E-state index in [1.54, 1.807) is 0 Å². The van der Waals surface area contributed by atoms with Gasteiger partial charge in [-0.3, -0.25) is 4.90 Å². The summed E-state index contributed by atoms with van der Waals surface area (Å²) in [6.07, 6.45) is 11.7. The van der Waals surface area contributed by atoms with Gasteiger partial charge in [0.2, 0.25) is 0 Å². The molecule has 25 heavy (non-hydrogen) atoms. The maximum absolute atomic E-state index is 3.51. The lowest BCUT2D eigenvalue weighted by Crippen LogP contribution is -2.51. The minimum atomic E-state index is 0.716. The molecule has 0 radical (unpaired) electrons. The van der Waals surface area contributed by atoms with Gasteiger partial charge in [0, 0.05) is 38.8 Å². The maximum Gasteiger partial charge on any atom is 0.0113 e. The molecule has 1 saturated carbocycles. The number of likely N-dealkylation sites (tertiary alicyclic amines) is 1. The third kappa shape index (κ3) is 4.58. The molecule has 3 aliphatic heterocycles. The van der Waals surface area contributed by atoms with Crippen molar-refractivity contribution in [2.45, 2.75) is 57.4 Å². The van der Waals surface area contributed by atoms with Gasteiger partial charge in [0.15, 0.2) is 0 Å². The first-order valence-corrected chi connectivity index (χ1v) is 11.1. The molecular formula is C21H40N4. The van der Waals surface area contributed by atoms with Gasteiger partial charge >= 0.3 is 0 Å². The fourth-order valence-electron chi connectivity index (χ4n) is 5.91. The number of nitrogens with zero attached hydrogens (tertiary/aromatic N) is 3. The molecule has 4 aliphatic rings. The number of piperazine rings is 1. The Labute approximate surface area is 155 Å². The smallest absolute Gasteiger partial charge is 0.0113 e. The van der Waals surface area contributed by atoms with Crippen LogP contribution in [-0.4, -0.2) is 86.7 Å². The number of rotatable bonds is 3. The predicted molar refractivity (Wildman–Crippen MR) is 105 cm³/mol. The van der Waals surface area contributed by atoms with E-state index in [0.717, 1.165) is 12.0 Å². The van der Waals surface area contributed by atoms with Gasteiger partial charge in [-0.1, -0.05) is 0 Å². The van der Waals surface area contributed by atoms with E-state index in [1.165, 1.54) is 110 Å². The van der Waals surface area contributed by atoms with Crippen LogP contribution >= 0.6 is 0 Å². The summed E-state index contributed by atoms with van der Waals surface area (Å²) in [7, 11) is 2.27. The lowest BCUT2D eigenvalue weighted by atomic mass is 9.66. The van der Waals surface area contributed by atoms with Crippen molar-refractivity contribution < 1.29 is 0 Å². The average Bonchev–Trinajstić information content (AvgIpc) is 2.66. The molecule has 1 aliphatic carbocycles. The Morgan fingerprint density at radius 1 is 0.800 bits per heavy atom. The third-order valence-electron chi connectivity index (χ3n) is 7.96. The maximum atomic E-state index is 3.51. The van der Waals surface area contributed by atoms with E-state index in [0.29, 0.717) is 5.41 Å². The van der Waals surface area contributed by atoms with Gasteiger partial charge in [-0.2, -0.15) is 0 Å². The molecule has 4 heteroatoms. The van der Waals surface area contributed by atoms with Gasteiger partial charge in [0.1, 0.15) is 0 Å². The number of hydrogen-bond donors (Lipinski definition) is 1. The molecule has 4 nitrogen and oxygen atoms in total. The van der Waals surface area contributed by atoms with Crippen molar-refractivity contribution in [3.8, 4) is 0 Å². The molecule has 4 rings (SSSR count). The average molecular weight is 349 g/mol. The second-order valence-electron chi connectivity index (χ2n) is 9.56. The second kappa shape index (κ2) is 8.24. The van der Waals surface area contributed by atoms with Gasteiger partial charge in [-0.15, -0.1) is 0 Å². The highest BCUT2D eigenvalue weighted by atomic mass is 15.3. The van der Waals surface area contributed by atoms with Crippen LogP contribution < -0.4 is 5.32 Å². The molecular weight excluding hydrogens is 308 g/mol. The summed E-state index contributed by atoms with van der Waals surface area (Å²) in [6.45, 7) is 11.8. The Hall–Kier alpha value is -0.160. The van der Waals surface area contributed by atoms with Crippen LogP contribution in [0.1, 0.15) is 51.4 Å². The Kier molecular flexibility index (Phi) is 6.01. The van der Waals surface area contributed by atoms with Gasteiger partial charge in [0.05, 0.1) is 0 Å². The lowest BCUT2D eigenvalue weighted by molar-refractivity contribution is 0.0156. The van der Waals surface area contributed by atoms with Crippen LogP contribution in [0.2, 0.25) is 0 Å². The highest BCUT2D eigenvalue weighted by molar-refractivity contribution is 4.93. The molecule has 0 unspecified atom stereocenters. The summed E-state index contributed by atoms with van der Waals surface area (Å²) >= 11 is 0. The zero-order valence-corrected chi connectivity index (χ0v) is 16.5. The standard InChI is InChI=1S/C21H40N4/c1-23-14-16-25(17-15-23)20-2-6-21(7-3-20)8-12-24(13-9-21)18-19-4-10-22-11-5-19/h19-20,22H,2-18H2,1H3. The molecule has 1 N–H and O–H groups in total. The molecule has 1 spiro atoms. The molecule has 0 aromatic carbocycles. The van der Waals surface area contributed by atoms with Crippen molar-refractivity contribution in [1.29, 1.82) is 0 Å². The van der Waals surface area contributed by atoms with E-state index in [4.69, 9.17) is 0 Å². The van der Waals surface area contributed by atoms with Crippen molar-refractivity contribution in [2.24, 2.45) is 11.3 Å². The van der Waals surface area contributed by atoms with Crippen LogP contribution in [0.5, 0.6) is 0 Å². The van der Waals surface area contributed by atoms with Crippen LogP contribution in [0.15, 0.2) is 0 Å². The number of hydrogen-bond acceptors (Lipinski definition) is 4. The van der Waals surface area contributed by atoms with Crippen molar-refractivity contribution in [3.05, 3.63) is 0 Å². The SMILES string of the molecule is CN1CCN(C2CCC3(CC2)CCN(CC2CCNCC2)CC3)CC1. The van der Waals surface area contributed by atoms with Crippen LogP contribution in [0, 0.1) is 11.3 Å². The van der Waals surface area contributed by atoms with Gasteiger partial charge in [-0.05, 0) is 95.9 Å². The normalized spacial score (nSPS) is 31.6. The van der Waals surface area contributed by atoms with E-state index in [2.05, 4.69) is 27.1 Å². The van der Waals surface area contributed by atoms with Crippen LogP contribution in [0.4, 0.5) is 0 Å². The number of piperidine rings is 2. The summed E-state index contributed by atoms with van der Waals surface area (Å²) in [4.78, 5) is 8.09. The minimum Gasteiger partial charge on any atom is -0.317 e. The second-order valence-corrected chi connectivity index (χ2v) is 9.56. The quantitative estimate of drug-likeness (QED) is 0.844.